The molecule has 0 aliphatic carbocycles. The molecule has 2 heteroatoms. The molecule has 2 aromatic rings. The maximum absolute atomic E-state index is 9.40. The Morgan fingerprint density at radius 3 is 2.11 bits per heavy atom. The van der Waals surface area contributed by atoms with Gasteiger partial charge in [0.1, 0.15) is 0 Å². The normalized spacial score (nSPS) is 12.1. The highest BCUT2D eigenvalue weighted by molar-refractivity contribution is 5.43. The lowest BCUT2D eigenvalue weighted by atomic mass is 10.1. The molecular formula is C16H19NO. The summed E-state index contributed by atoms with van der Waals surface area (Å²) in [5.74, 6) is 0. The zero-order valence-electron chi connectivity index (χ0n) is 10.4. The van der Waals surface area contributed by atoms with Gasteiger partial charge < -0.3 is 10.4 Å². The van der Waals surface area contributed by atoms with Crippen LogP contribution in [0.3, 0.4) is 0 Å². The third-order valence-corrected chi connectivity index (χ3v) is 2.99. The molecule has 0 spiro atoms. The summed E-state index contributed by atoms with van der Waals surface area (Å²) in [4.78, 5) is 0. The highest BCUT2D eigenvalue weighted by Gasteiger charge is 2.07. The van der Waals surface area contributed by atoms with Gasteiger partial charge in [-0.1, -0.05) is 48.5 Å². The number of benzene rings is 2. The van der Waals surface area contributed by atoms with Crippen LogP contribution < -0.4 is 5.32 Å². The number of aliphatic hydroxyl groups excluding tert-OH is 1. The average Bonchev–Trinajstić information content (AvgIpc) is 2.45. The van der Waals surface area contributed by atoms with Gasteiger partial charge in [0.25, 0.3) is 0 Å². The molecule has 2 nitrogen and oxygen atoms in total. The molecule has 0 saturated heterocycles. The van der Waals surface area contributed by atoms with E-state index in [2.05, 4.69) is 17.4 Å². The second-order valence-corrected chi connectivity index (χ2v) is 4.41. The molecular weight excluding hydrogens is 222 g/mol. The first-order valence-electron chi connectivity index (χ1n) is 6.35. The first kappa shape index (κ1) is 12.7. The fraction of sp³-hybridized carbons (Fsp3) is 0.250. The van der Waals surface area contributed by atoms with E-state index in [1.54, 1.807) is 0 Å². The van der Waals surface area contributed by atoms with Gasteiger partial charge in [0.15, 0.2) is 0 Å². The molecule has 94 valence electrons. The van der Waals surface area contributed by atoms with Crippen LogP contribution in [-0.2, 0) is 6.42 Å². The largest absolute Gasteiger partial charge is 0.394 e. The molecule has 2 N–H and O–H groups in total. The first-order valence-corrected chi connectivity index (χ1v) is 6.35. The van der Waals surface area contributed by atoms with Gasteiger partial charge in [0.05, 0.1) is 6.61 Å². The van der Waals surface area contributed by atoms with Crippen molar-refractivity contribution in [3.63, 3.8) is 0 Å². The fourth-order valence-corrected chi connectivity index (χ4v) is 1.96. The Balaban J connectivity index is 1.86. The van der Waals surface area contributed by atoms with E-state index < -0.39 is 0 Å². The van der Waals surface area contributed by atoms with Crippen molar-refractivity contribution in [1.29, 1.82) is 0 Å². The summed E-state index contributed by atoms with van der Waals surface area (Å²) in [5, 5.41) is 12.8. The van der Waals surface area contributed by atoms with Crippen molar-refractivity contribution in [1.82, 2.24) is 0 Å². The summed E-state index contributed by atoms with van der Waals surface area (Å²) in [6.07, 6.45) is 1.90. The molecule has 2 aromatic carbocycles. The molecule has 0 saturated carbocycles. The van der Waals surface area contributed by atoms with E-state index >= 15 is 0 Å². The molecule has 1 atom stereocenters. The molecule has 0 amide bonds. The lowest BCUT2D eigenvalue weighted by molar-refractivity contribution is 0.269. The van der Waals surface area contributed by atoms with Crippen molar-refractivity contribution < 1.29 is 5.11 Å². The molecule has 0 heterocycles. The van der Waals surface area contributed by atoms with Crippen LogP contribution in [-0.4, -0.2) is 17.8 Å². The van der Waals surface area contributed by atoms with E-state index in [9.17, 15) is 5.11 Å². The smallest absolute Gasteiger partial charge is 0.0632 e. The van der Waals surface area contributed by atoms with E-state index in [0.29, 0.717) is 0 Å². The van der Waals surface area contributed by atoms with Crippen LogP contribution in [0.5, 0.6) is 0 Å². The van der Waals surface area contributed by atoms with Crippen LogP contribution in [0.25, 0.3) is 0 Å². The Bertz CT molecular complexity index is 441. The summed E-state index contributed by atoms with van der Waals surface area (Å²) in [6, 6.07) is 20.5. The monoisotopic (exact) mass is 241 g/mol. The molecule has 0 aromatic heterocycles. The molecule has 2 rings (SSSR count). The van der Waals surface area contributed by atoms with E-state index in [1.807, 2.05) is 48.5 Å². The number of aliphatic hydroxyl groups is 1. The molecule has 0 bridgehead atoms. The minimum Gasteiger partial charge on any atom is -0.394 e. The van der Waals surface area contributed by atoms with E-state index in [1.165, 1.54) is 5.56 Å². The van der Waals surface area contributed by atoms with Gasteiger partial charge in [-0.25, -0.2) is 0 Å². The van der Waals surface area contributed by atoms with Crippen LogP contribution in [0.4, 0.5) is 5.69 Å². The van der Waals surface area contributed by atoms with Crippen LogP contribution >= 0.6 is 0 Å². The summed E-state index contributed by atoms with van der Waals surface area (Å²) in [7, 11) is 0. The topological polar surface area (TPSA) is 32.3 Å². The van der Waals surface area contributed by atoms with Gasteiger partial charge >= 0.3 is 0 Å². The molecule has 0 aliphatic heterocycles. The number of rotatable bonds is 6. The zero-order chi connectivity index (χ0) is 12.6. The Morgan fingerprint density at radius 1 is 0.889 bits per heavy atom. The predicted molar refractivity (Wildman–Crippen MR) is 75.7 cm³/mol. The molecule has 0 radical (unpaired) electrons. The van der Waals surface area contributed by atoms with Crippen LogP contribution in [0.1, 0.15) is 12.0 Å². The number of anilines is 1. The number of para-hydroxylation sites is 1. The van der Waals surface area contributed by atoms with E-state index in [-0.39, 0.29) is 12.6 Å². The van der Waals surface area contributed by atoms with Crippen molar-refractivity contribution in [2.75, 3.05) is 11.9 Å². The molecule has 1 unspecified atom stereocenters. The van der Waals surface area contributed by atoms with Crippen molar-refractivity contribution >= 4 is 5.69 Å². The van der Waals surface area contributed by atoms with Crippen molar-refractivity contribution in [3.05, 3.63) is 66.2 Å². The first-order chi connectivity index (χ1) is 8.88. The SMILES string of the molecule is OCC(CCc1ccccc1)Nc1ccccc1. The van der Waals surface area contributed by atoms with Crippen LogP contribution in [0, 0.1) is 0 Å². The quantitative estimate of drug-likeness (QED) is 0.814. The van der Waals surface area contributed by atoms with Crippen LogP contribution in [0.15, 0.2) is 60.7 Å². The van der Waals surface area contributed by atoms with Gasteiger partial charge in [0.2, 0.25) is 0 Å². The second-order valence-electron chi connectivity index (χ2n) is 4.41. The number of nitrogens with one attached hydrogen (secondary N) is 1. The van der Waals surface area contributed by atoms with Gasteiger partial charge in [-0.3, -0.25) is 0 Å². The molecule has 0 fully saturated rings. The summed E-state index contributed by atoms with van der Waals surface area (Å²) in [6.45, 7) is 0.154. The molecule has 0 aliphatic rings. The minimum absolute atomic E-state index is 0.104. The Hall–Kier alpha value is -1.80. The zero-order valence-corrected chi connectivity index (χ0v) is 10.4. The standard InChI is InChI=1S/C16H19NO/c18-13-16(17-15-9-5-2-6-10-15)12-11-14-7-3-1-4-8-14/h1-10,16-18H,11-13H2. The highest BCUT2D eigenvalue weighted by Crippen LogP contribution is 2.11. The second kappa shape index (κ2) is 6.82. The highest BCUT2D eigenvalue weighted by atomic mass is 16.3. The van der Waals surface area contributed by atoms with Gasteiger partial charge in [-0.2, -0.15) is 0 Å². The van der Waals surface area contributed by atoms with Crippen molar-refractivity contribution in [2.45, 2.75) is 18.9 Å². The maximum atomic E-state index is 9.40. The number of hydrogen-bond donors (Lipinski definition) is 2. The van der Waals surface area contributed by atoms with Gasteiger partial charge in [0, 0.05) is 11.7 Å². The Kier molecular flexibility index (Phi) is 4.79. The van der Waals surface area contributed by atoms with Gasteiger partial charge in [-0.15, -0.1) is 0 Å². The molecule has 18 heavy (non-hydrogen) atoms. The van der Waals surface area contributed by atoms with Crippen molar-refractivity contribution in [2.24, 2.45) is 0 Å². The third-order valence-electron chi connectivity index (χ3n) is 2.99. The lowest BCUT2D eigenvalue weighted by Crippen LogP contribution is -2.24. The lowest BCUT2D eigenvalue weighted by Gasteiger charge is -2.17. The Labute approximate surface area is 108 Å². The summed E-state index contributed by atoms with van der Waals surface area (Å²) in [5.41, 5.74) is 2.37. The van der Waals surface area contributed by atoms with Crippen LogP contribution in [0.2, 0.25) is 0 Å². The fourth-order valence-electron chi connectivity index (χ4n) is 1.96. The minimum atomic E-state index is 0.104. The van der Waals surface area contributed by atoms with Crippen molar-refractivity contribution in [3.8, 4) is 0 Å². The van der Waals surface area contributed by atoms with E-state index in [4.69, 9.17) is 0 Å². The summed E-state index contributed by atoms with van der Waals surface area (Å²) < 4.78 is 0. The third kappa shape index (κ3) is 3.90. The average molecular weight is 241 g/mol. The van der Waals surface area contributed by atoms with Gasteiger partial charge in [-0.05, 0) is 30.5 Å². The Morgan fingerprint density at radius 2 is 1.50 bits per heavy atom. The summed E-state index contributed by atoms with van der Waals surface area (Å²) >= 11 is 0. The predicted octanol–water partition coefficient (Wildman–Crippen LogP) is 3.09. The maximum Gasteiger partial charge on any atom is 0.0632 e. The van der Waals surface area contributed by atoms with E-state index in [0.717, 1.165) is 18.5 Å². The number of aryl methyl sites for hydroxylation is 1. The number of hydrogen-bond acceptors (Lipinski definition) is 2.